The average molecular weight is 260 g/mol. The molecule has 2 rings (SSSR count). The number of benzene rings is 1. The van der Waals surface area contributed by atoms with Gasteiger partial charge in [-0.25, -0.2) is 0 Å². The highest BCUT2D eigenvalue weighted by molar-refractivity contribution is 7.71. The molecule has 0 spiro atoms. The summed E-state index contributed by atoms with van der Waals surface area (Å²) >= 11 is 17.0. The van der Waals surface area contributed by atoms with E-state index >= 15 is 0 Å². The molecule has 0 atom stereocenters. The molecular weight excluding hydrogens is 253 g/mol. The third-order valence-electron chi connectivity index (χ3n) is 2.05. The Labute approximate surface area is 102 Å². The van der Waals surface area contributed by atoms with Gasteiger partial charge in [0.1, 0.15) is 0 Å². The van der Waals surface area contributed by atoms with Crippen molar-refractivity contribution in [3.05, 3.63) is 33.0 Å². The molecule has 0 amide bonds. The number of aromatic nitrogens is 3. The average Bonchev–Trinajstić information content (AvgIpc) is 2.52. The molecule has 1 aromatic carbocycles. The lowest BCUT2D eigenvalue weighted by atomic mass is 10.2. The molecule has 0 aliphatic rings. The first kappa shape index (κ1) is 10.7. The minimum Gasteiger partial charge on any atom is -0.303 e. The van der Waals surface area contributed by atoms with Crippen molar-refractivity contribution in [3.8, 4) is 11.4 Å². The lowest BCUT2D eigenvalue weighted by Gasteiger charge is -2.03. The van der Waals surface area contributed by atoms with Crippen molar-refractivity contribution in [3.63, 3.8) is 0 Å². The normalized spacial score (nSPS) is 10.6. The Kier molecular flexibility index (Phi) is 2.82. The summed E-state index contributed by atoms with van der Waals surface area (Å²) in [4.78, 5) is 0. The standard InChI is InChI=1S/C9H7Cl2N3S/c1-14-8(12-13-9(14)15)6-4-5(10)2-3-7(6)11/h2-4H,1H3,(H,13,15). The SMILES string of the molecule is Cn1c(-c2cc(Cl)ccc2Cl)n[nH]c1=S. The van der Waals surface area contributed by atoms with Crippen LogP contribution in [0, 0.1) is 4.77 Å². The molecule has 0 unspecified atom stereocenters. The van der Waals surface area contributed by atoms with Crippen LogP contribution in [-0.4, -0.2) is 14.8 Å². The zero-order chi connectivity index (χ0) is 11.0. The molecule has 0 bridgehead atoms. The fraction of sp³-hybridized carbons (Fsp3) is 0.111. The molecule has 78 valence electrons. The van der Waals surface area contributed by atoms with Gasteiger partial charge in [-0.05, 0) is 30.4 Å². The second-order valence-electron chi connectivity index (χ2n) is 3.04. The quantitative estimate of drug-likeness (QED) is 0.797. The van der Waals surface area contributed by atoms with Gasteiger partial charge >= 0.3 is 0 Å². The van der Waals surface area contributed by atoms with E-state index in [1.165, 1.54) is 0 Å². The number of nitrogens with one attached hydrogen (secondary N) is 1. The Morgan fingerprint density at radius 2 is 2.13 bits per heavy atom. The molecule has 6 heteroatoms. The first-order chi connectivity index (χ1) is 7.09. The molecule has 1 heterocycles. The smallest absolute Gasteiger partial charge is 0.195 e. The number of nitrogens with zero attached hydrogens (tertiary/aromatic N) is 2. The molecule has 0 radical (unpaired) electrons. The van der Waals surface area contributed by atoms with Crippen LogP contribution < -0.4 is 0 Å². The summed E-state index contributed by atoms with van der Waals surface area (Å²) in [5, 5.41) is 7.99. The van der Waals surface area contributed by atoms with E-state index in [9.17, 15) is 0 Å². The minimum atomic E-state index is 0.543. The van der Waals surface area contributed by atoms with E-state index in [4.69, 9.17) is 35.4 Å². The van der Waals surface area contributed by atoms with E-state index in [1.54, 1.807) is 22.8 Å². The zero-order valence-electron chi connectivity index (χ0n) is 7.79. The maximum absolute atomic E-state index is 6.05. The fourth-order valence-corrected chi connectivity index (χ4v) is 1.76. The Balaban J connectivity index is 2.68. The van der Waals surface area contributed by atoms with Crippen molar-refractivity contribution in [1.29, 1.82) is 0 Å². The van der Waals surface area contributed by atoms with Crippen molar-refractivity contribution >= 4 is 35.4 Å². The van der Waals surface area contributed by atoms with Gasteiger partial charge in [0.05, 0.1) is 5.02 Å². The number of halogens is 2. The van der Waals surface area contributed by atoms with Crippen LogP contribution in [0.2, 0.25) is 10.0 Å². The molecule has 0 fully saturated rings. The number of H-pyrrole nitrogens is 1. The van der Waals surface area contributed by atoms with E-state index in [-0.39, 0.29) is 0 Å². The van der Waals surface area contributed by atoms with Crippen molar-refractivity contribution in [2.75, 3.05) is 0 Å². The van der Waals surface area contributed by atoms with Crippen LogP contribution in [0.4, 0.5) is 0 Å². The van der Waals surface area contributed by atoms with Gasteiger partial charge in [0, 0.05) is 17.6 Å². The lowest BCUT2D eigenvalue weighted by Crippen LogP contribution is -1.93. The summed E-state index contributed by atoms with van der Waals surface area (Å²) in [5.41, 5.74) is 0.763. The van der Waals surface area contributed by atoms with Gasteiger partial charge in [-0.2, -0.15) is 5.10 Å². The van der Waals surface area contributed by atoms with Crippen LogP contribution in [-0.2, 0) is 7.05 Å². The Hall–Kier alpha value is -0.840. The zero-order valence-corrected chi connectivity index (χ0v) is 10.1. The topological polar surface area (TPSA) is 33.6 Å². The van der Waals surface area contributed by atoms with Crippen LogP contribution in [0.1, 0.15) is 0 Å². The summed E-state index contributed by atoms with van der Waals surface area (Å²) < 4.78 is 2.29. The monoisotopic (exact) mass is 259 g/mol. The summed E-state index contributed by atoms with van der Waals surface area (Å²) in [6.07, 6.45) is 0. The molecular formula is C9H7Cl2N3S. The number of aromatic amines is 1. The van der Waals surface area contributed by atoms with Crippen LogP contribution in [0.15, 0.2) is 18.2 Å². The van der Waals surface area contributed by atoms with Gasteiger partial charge in [0.15, 0.2) is 10.6 Å². The van der Waals surface area contributed by atoms with Gasteiger partial charge in [-0.15, -0.1) is 0 Å². The van der Waals surface area contributed by atoms with Crippen LogP contribution >= 0.6 is 35.4 Å². The molecule has 1 N–H and O–H groups in total. The predicted molar refractivity (Wildman–Crippen MR) is 63.8 cm³/mol. The number of hydrogen-bond donors (Lipinski definition) is 1. The maximum atomic E-state index is 6.05. The van der Waals surface area contributed by atoms with Gasteiger partial charge in [0.2, 0.25) is 0 Å². The molecule has 0 aliphatic heterocycles. The van der Waals surface area contributed by atoms with Gasteiger partial charge in [-0.1, -0.05) is 23.2 Å². The summed E-state index contributed by atoms with van der Waals surface area (Å²) in [6, 6.07) is 5.22. The number of hydrogen-bond acceptors (Lipinski definition) is 2. The first-order valence-corrected chi connectivity index (χ1v) is 5.33. The summed E-state index contributed by atoms with van der Waals surface area (Å²) in [5.74, 6) is 0.674. The second kappa shape index (κ2) is 3.96. The van der Waals surface area contributed by atoms with Crippen molar-refractivity contribution in [2.45, 2.75) is 0 Å². The Morgan fingerprint density at radius 3 is 2.73 bits per heavy atom. The number of rotatable bonds is 1. The van der Waals surface area contributed by atoms with Crippen molar-refractivity contribution in [2.24, 2.45) is 7.05 Å². The van der Waals surface area contributed by atoms with Crippen molar-refractivity contribution in [1.82, 2.24) is 14.8 Å². The molecule has 1 aromatic heterocycles. The van der Waals surface area contributed by atoms with E-state index in [0.717, 1.165) is 5.56 Å². The third kappa shape index (κ3) is 1.93. The molecule has 3 nitrogen and oxygen atoms in total. The van der Waals surface area contributed by atoms with E-state index in [0.29, 0.717) is 20.6 Å². The molecule has 0 saturated carbocycles. The molecule has 0 saturated heterocycles. The van der Waals surface area contributed by atoms with Gasteiger partial charge < -0.3 is 4.57 Å². The van der Waals surface area contributed by atoms with Gasteiger partial charge in [0.25, 0.3) is 0 Å². The highest BCUT2D eigenvalue weighted by Gasteiger charge is 2.10. The highest BCUT2D eigenvalue weighted by atomic mass is 35.5. The Morgan fingerprint density at radius 1 is 1.40 bits per heavy atom. The minimum absolute atomic E-state index is 0.543. The van der Waals surface area contributed by atoms with Crippen LogP contribution in [0.3, 0.4) is 0 Å². The highest BCUT2D eigenvalue weighted by Crippen LogP contribution is 2.28. The van der Waals surface area contributed by atoms with E-state index in [2.05, 4.69) is 10.2 Å². The predicted octanol–water partition coefficient (Wildman–Crippen LogP) is 3.45. The maximum Gasteiger partial charge on any atom is 0.195 e. The van der Waals surface area contributed by atoms with Crippen LogP contribution in [0.25, 0.3) is 11.4 Å². The molecule has 0 aliphatic carbocycles. The second-order valence-corrected chi connectivity index (χ2v) is 4.27. The van der Waals surface area contributed by atoms with E-state index in [1.807, 2.05) is 7.05 Å². The summed E-state index contributed by atoms with van der Waals surface area (Å²) in [7, 11) is 1.82. The lowest BCUT2D eigenvalue weighted by molar-refractivity contribution is 0.902. The molecule has 15 heavy (non-hydrogen) atoms. The van der Waals surface area contributed by atoms with Crippen molar-refractivity contribution < 1.29 is 0 Å². The van der Waals surface area contributed by atoms with Crippen LogP contribution in [0.5, 0.6) is 0 Å². The van der Waals surface area contributed by atoms with E-state index < -0.39 is 0 Å². The summed E-state index contributed by atoms with van der Waals surface area (Å²) in [6.45, 7) is 0. The van der Waals surface area contributed by atoms with Gasteiger partial charge in [-0.3, -0.25) is 5.10 Å². The Bertz CT molecular complexity index is 559. The third-order valence-corrected chi connectivity index (χ3v) is 2.98. The first-order valence-electron chi connectivity index (χ1n) is 4.16. The largest absolute Gasteiger partial charge is 0.303 e. The molecule has 2 aromatic rings. The fourth-order valence-electron chi connectivity index (χ4n) is 1.26.